The van der Waals surface area contributed by atoms with E-state index in [1.165, 1.54) is 0 Å². The molecular formula is C24H25N5O2S. The summed E-state index contributed by atoms with van der Waals surface area (Å²) in [7, 11) is 1.64. The van der Waals surface area contributed by atoms with E-state index >= 15 is 0 Å². The second-order valence-corrected chi connectivity index (χ2v) is 9.03. The van der Waals surface area contributed by atoms with E-state index in [-0.39, 0.29) is 6.10 Å². The summed E-state index contributed by atoms with van der Waals surface area (Å²) in [5.74, 6) is 2.32. The Morgan fingerprint density at radius 3 is 2.66 bits per heavy atom. The van der Waals surface area contributed by atoms with Crippen LogP contribution in [0.25, 0.3) is 21.3 Å². The van der Waals surface area contributed by atoms with Gasteiger partial charge in [0.1, 0.15) is 17.4 Å². The third-order valence-corrected chi connectivity index (χ3v) is 6.64. The van der Waals surface area contributed by atoms with Crippen LogP contribution < -0.4 is 15.4 Å². The molecule has 0 saturated heterocycles. The lowest BCUT2D eigenvalue weighted by molar-refractivity contribution is 0.126. The molecule has 3 N–H and O–H groups in total. The van der Waals surface area contributed by atoms with Crippen molar-refractivity contribution in [2.24, 2.45) is 0 Å². The maximum atomic E-state index is 9.70. The summed E-state index contributed by atoms with van der Waals surface area (Å²) in [4.78, 5) is 13.7. The number of aliphatic hydroxyl groups is 1. The third kappa shape index (κ3) is 4.66. The molecule has 0 radical (unpaired) electrons. The van der Waals surface area contributed by atoms with Crippen molar-refractivity contribution in [1.82, 2.24) is 15.0 Å². The Kier molecular flexibility index (Phi) is 5.87. The van der Waals surface area contributed by atoms with Crippen LogP contribution in [-0.4, -0.2) is 39.3 Å². The Balaban J connectivity index is 1.32. The minimum absolute atomic E-state index is 0.159. The van der Waals surface area contributed by atoms with Crippen molar-refractivity contribution in [1.29, 1.82) is 0 Å². The average molecular weight is 448 g/mol. The first kappa shape index (κ1) is 20.7. The molecule has 0 aliphatic heterocycles. The highest BCUT2D eigenvalue weighted by atomic mass is 32.1. The van der Waals surface area contributed by atoms with Gasteiger partial charge in [-0.25, -0.2) is 9.97 Å². The van der Waals surface area contributed by atoms with Crippen molar-refractivity contribution >= 4 is 38.3 Å². The Morgan fingerprint density at radius 1 is 0.969 bits per heavy atom. The molecule has 3 aromatic heterocycles. The maximum Gasteiger partial charge on any atom is 0.189 e. The Hall–Kier alpha value is -3.23. The van der Waals surface area contributed by atoms with Crippen molar-refractivity contribution < 1.29 is 9.84 Å². The highest BCUT2D eigenvalue weighted by molar-refractivity contribution is 7.22. The fourth-order valence-electron chi connectivity index (χ4n) is 3.97. The van der Waals surface area contributed by atoms with Crippen molar-refractivity contribution in [2.75, 3.05) is 17.7 Å². The van der Waals surface area contributed by atoms with Crippen LogP contribution in [0.3, 0.4) is 0 Å². The lowest BCUT2D eigenvalue weighted by atomic mass is 9.93. The number of aromatic nitrogens is 3. The van der Waals surface area contributed by atoms with Gasteiger partial charge in [-0.1, -0.05) is 23.5 Å². The highest BCUT2D eigenvalue weighted by Crippen LogP contribution is 2.32. The first-order valence-corrected chi connectivity index (χ1v) is 11.6. The van der Waals surface area contributed by atoms with Crippen LogP contribution in [0.4, 0.5) is 16.8 Å². The summed E-state index contributed by atoms with van der Waals surface area (Å²) in [5.41, 5.74) is 3.01. The number of pyridine rings is 2. The zero-order valence-corrected chi connectivity index (χ0v) is 18.6. The molecule has 1 aliphatic carbocycles. The molecule has 0 atom stereocenters. The summed E-state index contributed by atoms with van der Waals surface area (Å²) >= 11 is 1.59. The molecule has 32 heavy (non-hydrogen) atoms. The lowest BCUT2D eigenvalue weighted by Crippen LogP contribution is -2.28. The van der Waals surface area contributed by atoms with E-state index in [2.05, 4.69) is 21.7 Å². The van der Waals surface area contributed by atoms with Crippen LogP contribution in [-0.2, 0) is 0 Å². The largest absolute Gasteiger partial charge is 0.495 e. The Bertz CT molecular complexity index is 1220. The zero-order valence-electron chi connectivity index (χ0n) is 17.8. The number of fused-ring (bicyclic) bond motifs is 1. The van der Waals surface area contributed by atoms with E-state index in [1.807, 2.05) is 42.6 Å². The highest BCUT2D eigenvalue weighted by Gasteiger charge is 2.19. The fraction of sp³-hybridized carbons (Fsp3) is 0.292. The summed E-state index contributed by atoms with van der Waals surface area (Å²) in [6, 6.07) is 14.4. The SMILES string of the molecule is COc1cncc(-c2ccc3nc(Nc4cccc(NC5CCC(O)CC5)n4)sc3c2)c1. The molecule has 7 nitrogen and oxygen atoms in total. The van der Waals surface area contributed by atoms with Gasteiger partial charge in [0, 0.05) is 17.8 Å². The van der Waals surface area contributed by atoms with E-state index in [0.717, 1.165) is 69.5 Å². The molecule has 0 spiro atoms. The molecule has 0 bridgehead atoms. The number of benzene rings is 1. The summed E-state index contributed by atoms with van der Waals surface area (Å²) in [6.07, 6.45) is 6.98. The van der Waals surface area contributed by atoms with Crippen molar-refractivity contribution in [3.8, 4) is 16.9 Å². The van der Waals surface area contributed by atoms with Gasteiger partial charge in [-0.05, 0) is 61.6 Å². The first-order valence-electron chi connectivity index (χ1n) is 10.7. The van der Waals surface area contributed by atoms with Gasteiger partial charge >= 0.3 is 0 Å². The van der Waals surface area contributed by atoms with Gasteiger partial charge in [-0.15, -0.1) is 0 Å². The van der Waals surface area contributed by atoms with E-state index in [0.29, 0.717) is 6.04 Å². The minimum atomic E-state index is -0.159. The van der Waals surface area contributed by atoms with Crippen LogP contribution >= 0.6 is 11.3 Å². The molecule has 1 aliphatic rings. The number of thiazole rings is 1. The number of nitrogens with zero attached hydrogens (tertiary/aromatic N) is 3. The molecule has 8 heteroatoms. The number of nitrogens with one attached hydrogen (secondary N) is 2. The van der Waals surface area contributed by atoms with Gasteiger partial charge in [0.25, 0.3) is 0 Å². The maximum absolute atomic E-state index is 9.70. The zero-order chi connectivity index (χ0) is 21.9. The quantitative estimate of drug-likeness (QED) is 0.373. The Morgan fingerprint density at radius 2 is 1.81 bits per heavy atom. The fourth-order valence-corrected chi connectivity index (χ4v) is 4.88. The number of hydrogen-bond donors (Lipinski definition) is 3. The van der Waals surface area contributed by atoms with E-state index in [4.69, 9.17) is 14.7 Å². The number of hydrogen-bond acceptors (Lipinski definition) is 8. The van der Waals surface area contributed by atoms with Crippen molar-refractivity contribution in [2.45, 2.75) is 37.8 Å². The monoisotopic (exact) mass is 447 g/mol. The second kappa shape index (κ2) is 9.10. The van der Waals surface area contributed by atoms with Crippen LogP contribution in [0, 0.1) is 0 Å². The van der Waals surface area contributed by atoms with Crippen LogP contribution in [0.15, 0.2) is 54.9 Å². The lowest BCUT2D eigenvalue weighted by Gasteiger charge is -2.26. The average Bonchev–Trinajstić information content (AvgIpc) is 3.22. The number of methoxy groups -OCH3 is 1. The smallest absolute Gasteiger partial charge is 0.189 e. The molecule has 0 amide bonds. The van der Waals surface area contributed by atoms with Crippen molar-refractivity contribution in [3.63, 3.8) is 0 Å². The third-order valence-electron chi connectivity index (χ3n) is 5.70. The second-order valence-electron chi connectivity index (χ2n) is 8.00. The van der Waals surface area contributed by atoms with Crippen LogP contribution in [0.5, 0.6) is 5.75 Å². The molecule has 1 fully saturated rings. The van der Waals surface area contributed by atoms with Crippen molar-refractivity contribution in [3.05, 3.63) is 54.9 Å². The van der Waals surface area contributed by atoms with Gasteiger partial charge in [0.05, 0.1) is 29.6 Å². The van der Waals surface area contributed by atoms with E-state index in [1.54, 1.807) is 24.6 Å². The molecule has 0 unspecified atom stereocenters. The first-order chi connectivity index (χ1) is 15.7. The molecule has 164 valence electrons. The summed E-state index contributed by atoms with van der Waals surface area (Å²) < 4.78 is 6.38. The van der Waals surface area contributed by atoms with E-state index in [9.17, 15) is 5.11 Å². The number of ether oxygens (including phenoxy) is 1. The van der Waals surface area contributed by atoms with E-state index < -0.39 is 0 Å². The van der Waals surface area contributed by atoms with Gasteiger partial charge in [0.15, 0.2) is 5.13 Å². The van der Waals surface area contributed by atoms with Gasteiger partial charge in [-0.3, -0.25) is 4.98 Å². The minimum Gasteiger partial charge on any atom is -0.495 e. The summed E-state index contributed by atoms with van der Waals surface area (Å²) in [6.45, 7) is 0. The molecular weight excluding hydrogens is 422 g/mol. The summed E-state index contributed by atoms with van der Waals surface area (Å²) in [5, 5.41) is 17.3. The number of aliphatic hydroxyl groups excluding tert-OH is 1. The molecule has 4 aromatic rings. The number of rotatable bonds is 6. The van der Waals surface area contributed by atoms with Gasteiger partial charge in [-0.2, -0.15) is 0 Å². The Labute approximate surface area is 190 Å². The van der Waals surface area contributed by atoms with Crippen LogP contribution in [0.1, 0.15) is 25.7 Å². The molecule has 1 saturated carbocycles. The topological polar surface area (TPSA) is 92.2 Å². The van der Waals surface area contributed by atoms with Crippen LogP contribution in [0.2, 0.25) is 0 Å². The molecule has 1 aromatic carbocycles. The normalized spacial score (nSPS) is 18.4. The molecule has 3 heterocycles. The van der Waals surface area contributed by atoms with Gasteiger partial charge < -0.3 is 20.5 Å². The predicted molar refractivity (Wildman–Crippen MR) is 129 cm³/mol. The number of anilines is 3. The molecule has 5 rings (SSSR count). The standard InChI is InChI=1S/C24H25N5O2S/c1-31-19-11-16(13-25-14-19)15-5-10-20-21(12-15)32-24(27-20)29-23-4-2-3-22(28-23)26-17-6-8-18(30)9-7-17/h2-5,10-14,17-18,30H,6-9H2,1H3,(H2,26,27,28,29). The van der Waals surface area contributed by atoms with Gasteiger partial charge in [0.2, 0.25) is 0 Å². The predicted octanol–water partition coefficient (Wildman–Crippen LogP) is 5.22.